The van der Waals surface area contributed by atoms with Crippen molar-refractivity contribution < 1.29 is 9.63 Å². The molecule has 1 rings (SSSR count). The molecule has 0 unspecified atom stereocenters. The molecule has 0 aromatic carbocycles. The number of hydrogen-bond donors (Lipinski definition) is 0. The zero-order valence-electron chi connectivity index (χ0n) is 7.83. The summed E-state index contributed by atoms with van der Waals surface area (Å²) in [6.45, 7) is 1.96. The molecule has 12 heavy (non-hydrogen) atoms. The van der Waals surface area contributed by atoms with Gasteiger partial charge in [-0.15, -0.1) is 0 Å². The molecule has 0 bridgehead atoms. The molecule has 0 N–H and O–H groups in total. The molecular formula is C9H15NO2. The lowest BCUT2D eigenvalue weighted by molar-refractivity contribution is -0.178. The molecule has 0 spiro atoms. The van der Waals surface area contributed by atoms with E-state index in [4.69, 9.17) is 4.84 Å². The Morgan fingerprint density at radius 3 is 2.42 bits per heavy atom. The number of hydrogen-bond acceptors (Lipinski definition) is 2. The Morgan fingerprint density at radius 1 is 1.50 bits per heavy atom. The van der Waals surface area contributed by atoms with E-state index in [1.54, 1.807) is 7.05 Å². The summed E-state index contributed by atoms with van der Waals surface area (Å²) < 4.78 is 0. The lowest BCUT2D eigenvalue weighted by Crippen LogP contribution is -2.38. The van der Waals surface area contributed by atoms with Gasteiger partial charge in [-0.25, -0.2) is 5.06 Å². The summed E-state index contributed by atoms with van der Waals surface area (Å²) in [5.41, 5.74) is -0.273. The van der Waals surface area contributed by atoms with E-state index >= 15 is 0 Å². The monoisotopic (exact) mass is 169 g/mol. The first-order chi connectivity index (χ1) is 5.60. The zero-order chi connectivity index (χ0) is 9.19. The highest BCUT2D eigenvalue weighted by molar-refractivity contribution is 5.82. The molecule has 3 heteroatoms. The van der Waals surface area contributed by atoms with Crippen LogP contribution in [0.4, 0.5) is 0 Å². The third-order valence-corrected chi connectivity index (χ3v) is 2.38. The maximum Gasteiger partial charge on any atom is 0.252 e. The molecule has 0 saturated carbocycles. The van der Waals surface area contributed by atoms with Crippen LogP contribution in [0.3, 0.4) is 0 Å². The molecule has 3 nitrogen and oxygen atoms in total. The van der Waals surface area contributed by atoms with Crippen LogP contribution in [0.25, 0.3) is 0 Å². The van der Waals surface area contributed by atoms with Crippen molar-refractivity contribution in [2.45, 2.75) is 19.8 Å². The number of rotatable bonds is 2. The van der Waals surface area contributed by atoms with Gasteiger partial charge < -0.3 is 0 Å². The zero-order valence-corrected chi connectivity index (χ0v) is 7.83. The average Bonchev–Trinajstić information content (AvgIpc) is 2.50. The number of allylic oxidation sites excluding steroid dienone is 2. The van der Waals surface area contributed by atoms with E-state index in [1.165, 1.54) is 12.2 Å². The highest BCUT2D eigenvalue weighted by Gasteiger charge is 2.36. The van der Waals surface area contributed by atoms with E-state index in [0.717, 1.165) is 12.8 Å². The smallest absolute Gasteiger partial charge is 0.252 e. The summed E-state index contributed by atoms with van der Waals surface area (Å²) in [4.78, 5) is 16.5. The molecule has 1 amide bonds. The first-order valence-corrected chi connectivity index (χ1v) is 4.07. The predicted molar refractivity (Wildman–Crippen MR) is 46.3 cm³/mol. The van der Waals surface area contributed by atoms with Gasteiger partial charge in [-0.2, -0.15) is 0 Å². The second-order valence-corrected chi connectivity index (χ2v) is 3.43. The average molecular weight is 169 g/mol. The molecule has 0 atom stereocenters. The number of amides is 1. The molecule has 0 aliphatic heterocycles. The molecule has 0 fully saturated rings. The highest BCUT2D eigenvalue weighted by atomic mass is 16.7. The Hall–Kier alpha value is -0.830. The van der Waals surface area contributed by atoms with Gasteiger partial charge in [-0.3, -0.25) is 9.63 Å². The van der Waals surface area contributed by atoms with E-state index in [1.807, 2.05) is 19.1 Å². The SMILES string of the molecule is CON(C)C(=O)C1(C)CC=CC1. The quantitative estimate of drug-likeness (QED) is 0.461. The predicted octanol–water partition coefficient (Wildman–Crippen LogP) is 1.36. The molecule has 0 aromatic heterocycles. The second kappa shape index (κ2) is 3.27. The van der Waals surface area contributed by atoms with Gasteiger partial charge in [0.25, 0.3) is 5.91 Å². The van der Waals surface area contributed by atoms with E-state index < -0.39 is 0 Å². The minimum Gasteiger partial charge on any atom is -0.275 e. The third-order valence-electron chi connectivity index (χ3n) is 2.38. The number of carbonyl (C=O) groups is 1. The number of hydroxylamine groups is 2. The van der Waals surface area contributed by atoms with Crippen molar-refractivity contribution in [3.63, 3.8) is 0 Å². The standard InChI is InChI=1S/C9H15NO2/c1-9(6-4-5-7-9)8(11)10(2)12-3/h4-5H,6-7H2,1-3H3. The first-order valence-electron chi connectivity index (χ1n) is 4.07. The topological polar surface area (TPSA) is 29.5 Å². The van der Waals surface area contributed by atoms with Crippen LogP contribution >= 0.6 is 0 Å². The maximum absolute atomic E-state index is 11.7. The third kappa shape index (κ3) is 1.50. The Kier molecular flexibility index (Phi) is 2.52. The molecule has 0 aromatic rings. The van der Waals surface area contributed by atoms with Crippen molar-refractivity contribution in [1.29, 1.82) is 0 Å². The van der Waals surface area contributed by atoms with Crippen LogP contribution in [0.15, 0.2) is 12.2 Å². The molecule has 1 aliphatic rings. The van der Waals surface area contributed by atoms with Crippen LogP contribution in [0.1, 0.15) is 19.8 Å². The van der Waals surface area contributed by atoms with Gasteiger partial charge in [0.1, 0.15) is 0 Å². The lowest BCUT2D eigenvalue weighted by Gasteiger charge is -2.26. The van der Waals surface area contributed by atoms with Crippen LogP contribution in [-0.4, -0.2) is 25.1 Å². The fourth-order valence-corrected chi connectivity index (χ4v) is 1.41. The van der Waals surface area contributed by atoms with Crippen molar-refractivity contribution in [3.8, 4) is 0 Å². The van der Waals surface area contributed by atoms with Crippen LogP contribution in [-0.2, 0) is 9.63 Å². The molecule has 0 saturated heterocycles. The van der Waals surface area contributed by atoms with Gasteiger partial charge in [0.15, 0.2) is 0 Å². The van der Waals surface area contributed by atoms with Gasteiger partial charge in [0.2, 0.25) is 0 Å². The lowest BCUT2D eigenvalue weighted by atomic mass is 9.87. The molecule has 0 heterocycles. The van der Waals surface area contributed by atoms with Gasteiger partial charge in [0.05, 0.1) is 12.5 Å². The van der Waals surface area contributed by atoms with Crippen LogP contribution < -0.4 is 0 Å². The second-order valence-electron chi connectivity index (χ2n) is 3.43. The summed E-state index contributed by atoms with van der Waals surface area (Å²) in [7, 11) is 3.15. The first kappa shape index (κ1) is 9.26. The summed E-state index contributed by atoms with van der Waals surface area (Å²) in [5.74, 6) is 0.0509. The molecule has 0 radical (unpaired) electrons. The van der Waals surface area contributed by atoms with Crippen LogP contribution in [0, 0.1) is 5.41 Å². The van der Waals surface area contributed by atoms with E-state index in [0.29, 0.717) is 0 Å². The molecule has 68 valence electrons. The van der Waals surface area contributed by atoms with E-state index in [2.05, 4.69) is 0 Å². The van der Waals surface area contributed by atoms with Crippen molar-refractivity contribution >= 4 is 5.91 Å². The largest absolute Gasteiger partial charge is 0.275 e. The molecule has 1 aliphatic carbocycles. The minimum atomic E-state index is -0.273. The van der Waals surface area contributed by atoms with Crippen molar-refractivity contribution in [1.82, 2.24) is 5.06 Å². The fraction of sp³-hybridized carbons (Fsp3) is 0.667. The Labute approximate surface area is 73.0 Å². The Balaban J connectivity index is 2.63. The highest BCUT2D eigenvalue weighted by Crippen LogP contribution is 2.34. The Morgan fingerprint density at radius 2 is 2.00 bits per heavy atom. The van der Waals surface area contributed by atoms with Crippen molar-refractivity contribution in [2.24, 2.45) is 5.41 Å². The summed E-state index contributed by atoms with van der Waals surface area (Å²) in [6, 6.07) is 0. The fourth-order valence-electron chi connectivity index (χ4n) is 1.41. The van der Waals surface area contributed by atoms with Crippen LogP contribution in [0.5, 0.6) is 0 Å². The molecular weight excluding hydrogens is 154 g/mol. The van der Waals surface area contributed by atoms with E-state index in [9.17, 15) is 4.79 Å². The van der Waals surface area contributed by atoms with Crippen molar-refractivity contribution in [2.75, 3.05) is 14.2 Å². The van der Waals surface area contributed by atoms with Gasteiger partial charge >= 0.3 is 0 Å². The van der Waals surface area contributed by atoms with Gasteiger partial charge in [-0.1, -0.05) is 19.1 Å². The normalized spacial score (nSPS) is 19.6. The van der Waals surface area contributed by atoms with E-state index in [-0.39, 0.29) is 11.3 Å². The summed E-state index contributed by atoms with van der Waals surface area (Å²) in [5, 5.41) is 1.30. The number of nitrogens with zero attached hydrogens (tertiary/aromatic N) is 1. The summed E-state index contributed by atoms with van der Waals surface area (Å²) in [6.07, 6.45) is 5.72. The van der Waals surface area contributed by atoms with Crippen LogP contribution in [0.2, 0.25) is 0 Å². The Bertz CT molecular complexity index is 203. The maximum atomic E-state index is 11.7. The van der Waals surface area contributed by atoms with Crippen molar-refractivity contribution in [3.05, 3.63) is 12.2 Å². The van der Waals surface area contributed by atoms with Gasteiger partial charge in [-0.05, 0) is 12.8 Å². The van der Waals surface area contributed by atoms with Gasteiger partial charge in [0, 0.05) is 7.05 Å². The summed E-state index contributed by atoms with van der Waals surface area (Å²) >= 11 is 0. The minimum absolute atomic E-state index is 0.0509. The number of carbonyl (C=O) groups excluding carboxylic acids is 1.